The molecule has 0 bridgehead atoms. The number of anilines is 1. The van der Waals surface area contributed by atoms with Crippen molar-refractivity contribution >= 4 is 21.9 Å². The van der Waals surface area contributed by atoms with E-state index < -0.39 is 10.2 Å². The van der Waals surface area contributed by atoms with Crippen LogP contribution in [-0.2, 0) is 29.7 Å². The molecule has 9 nitrogen and oxygen atoms in total. The maximum atomic E-state index is 12.3. The summed E-state index contributed by atoms with van der Waals surface area (Å²) in [4.78, 5) is 18.7. The molecule has 0 spiro atoms. The van der Waals surface area contributed by atoms with Crippen LogP contribution in [0.2, 0.25) is 0 Å². The second kappa shape index (κ2) is 10.4. The first kappa shape index (κ1) is 24.1. The second-order valence-corrected chi connectivity index (χ2v) is 10.4. The summed E-state index contributed by atoms with van der Waals surface area (Å²) in [5.41, 5.74) is 5.13. The first-order chi connectivity index (χ1) is 15.2. The highest BCUT2D eigenvalue weighted by atomic mass is 32.2. The van der Waals surface area contributed by atoms with Crippen LogP contribution in [0.5, 0.6) is 0 Å². The second-order valence-electron chi connectivity index (χ2n) is 8.19. The molecule has 0 radical (unpaired) electrons. The van der Waals surface area contributed by atoms with Crippen molar-refractivity contribution < 1.29 is 13.2 Å². The fraction of sp³-hybridized carbons (Fsp3) is 0.455. The van der Waals surface area contributed by atoms with Gasteiger partial charge < -0.3 is 10.6 Å². The Bertz CT molecular complexity index is 1040. The minimum atomic E-state index is -3.40. The van der Waals surface area contributed by atoms with Gasteiger partial charge in [-0.15, -0.1) is 0 Å². The van der Waals surface area contributed by atoms with E-state index in [2.05, 4.69) is 26.6 Å². The van der Waals surface area contributed by atoms with Gasteiger partial charge in [-0.3, -0.25) is 9.88 Å². The van der Waals surface area contributed by atoms with E-state index in [1.807, 2.05) is 31.2 Å². The smallest absolute Gasteiger partial charge is 0.319 e. The van der Waals surface area contributed by atoms with Gasteiger partial charge in [-0.1, -0.05) is 18.2 Å². The van der Waals surface area contributed by atoms with Crippen molar-refractivity contribution in [2.75, 3.05) is 46.1 Å². The van der Waals surface area contributed by atoms with Crippen LogP contribution in [0.15, 0.2) is 36.5 Å². The third-order valence-corrected chi connectivity index (χ3v) is 7.53. The van der Waals surface area contributed by atoms with Gasteiger partial charge in [0.05, 0.1) is 11.9 Å². The van der Waals surface area contributed by atoms with E-state index in [4.69, 9.17) is 0 Å². The lowest BCUT2D eigenvalue weighted by Crippen LogP contribution is -2.42. The van der Waals surface area contributed by atoms with Gasteiger partial charge in [-0.2, -0.15) is 17.0 Å². The Labute approximate surface area is 190 Å². The van der Waals surface area contributed by atoms with Crippen LogP contribution in [0.4, 0.5) is 10.5 Å². The number of urea groups is 1. The Kier molecular flexibility index (Phi) is 7.83. The van der Waals surface area contributed by atoms with Crippen molar-refractivity contribution in [3.8, 4) is 0 Å². The maximum Gasteiger partial charge on any atom is 0.319 e. The molecule has 1 aromatic carbocycles. The zero-order valence-electron chi connectivity index (χ0n) is 19.1. The van der Waals surface area contributed by atoms with E-state index in [9.17, 15) is 13.2 Å². The molecule has 0 fully saturated rings. The van der Waals surface area contributed by atoms with Crippen molar-refractivity contribution in [3.63, 3.8) is 0 Å². The topological polar surface area (TPSA) is 97.9 Å². The summed E-state index contributed by atoms with van der Waals surface area (Å²) >= 11 is 0. The quantitative estimate of drug-likeness (QED) is 0.626. The maximum absolute atomic E-state index is 12.3. The Morgan fingerprint density at radius 3 is 2.66 bits per heavy atom. The van der Waals surface area contributed by atoms with Crippen molar-refractivity contribution in [2.24, 2.45) is 0 Å². The van der Waals surface area contributed by atoms with Crippen LogP contribution in [0.3, 0.4) is 0 Å². The van der Waals surface area contributed by atoms with Gasteiger partial charge >= 0.3 is 6.03 Å². The number of rotatable bonds is 8. The average Bonchev–Trinajstić information content (AvgIpc) is 2.77. The summed E-state index contributed by atoms with van der Waals surface area (Å²) in [6.45, 7) is 5.05. The molecule has 0 saturated carbocycles. The minimum absolute atomic E-state index is 0.268. The van der Waals surface area contributed by atoms with Crippen molar-refractivity contribution in [3.05, 3.63) is 58.9 Å². The molecule has 32 heavy (non-hydrogen) atoms. The summed E-state index contributed by atoms with van der Waals surface area (Å²) < 4.78 is 27.0. The van der Waals surface area contributed by atoms with Gasteiger partial charge in [-0.25, -0.2) is 4.79 Å². The van der Waals surface area contributed by atoms with E-state index in [1.165, 1.54) is 33.8 Å². The third-order valence-electron chi connectivity index (χ3n) is 5.64. The molecule has 10 heteroatoms. The third kappa shape index (κ3) is 6.04. The van der Waals surface area contributed by atoms with E-state index in [1.54, 1.807) is 13.2 Å². The Balaban J connectivity index is 1.54. The average molecular weight is 461 g/mol. The predicted molar refractivity (Wildman–Crippen MR) is 125 cm³/mol. The summed E-state index contributed by atoms with van der Waals surface area (Å²) in [6, 6.07) is 9.55. The fourth-order valence-corrected chi connectivity index (χ4v) is 4.54. The van der Waals surface area contributed by atoms with Gasteiger partial charge in [0.1, 0.15) is 0 Å². The SMILES string of the molecule is Cc1ccc(NC(=O)NCc2cccc3c2CCN(CCN(C)S(=O)(=O)N(C)C)C3)cn1. The largest absolute Gasteiger partial charge is 0.334 e. The van der Waals surface area contributed by atoms with E-state index >= 15 is 0 Å². The Morgan fingerprint density at radius 2 is 1.97 bits per heavy atom. The van der Waals surface area contributed by atoms with Crippen LogP contribution >= 0.6 is 0 Å². The lowest BCUT2D eigenvalue weighted by Gasteiger charge is -2.31. The number of amides is 2. The first-order valence-corrected chi connectivity index (χ1v) is 12.0. The number of aromatic nitrogens is 1. The van der Waals surface area contributed by atoms with Crippen LogP contribution in [0.1, 0.15) is 22.4 Å². The molecule has 2 heterocycles. The number of likely N-dealkylation sites (N-methyl/N-ethyl adjacent to an activating group) is 1. The molecule has 3 rings (SSSR count). The van der Waals surface area contributed by atoms with Crippen molar-refractivity contribution in [2.45, 2.75) is 26.4 Å². The number of nitrogens with zero attached hydrogens (tertiary/aromatic N) is 4. The molecule has 0 unspecified atom stereocenters. The number of benzene rings is 1. The van der Waals surface area contributed by atoms with Gasteiger partial charge in [0.2, 0.25) is 0 Å². The molecule has 0 atom stereocenters. The van der Waals surface area contributed by atoms with Crippen molar-refractivity contribution in [1.29, 1.82) is 0 Å². The van der Waals surface area contributed by atoms with E-state index in [-0.39, 0.29) is 6.03 Å². The highest BCUT2D eigenvalue weighted by Gasteiger charge is 2.23. The molecule has 1 aromatic heterocycles. The minimum Gasteiger partial charge on any atom is -0.334 e. The molecular formula is C22H32N6O3S. The number of aryl methyl sites for hydroxylation is 1. The standard InChI is InChI=1S/C22H32N6O3S/c1-17-8-9-20(15-23-17)25-22(29)24-14-18-6-5-7-19-16-28(11-10-21(18)19)13-12-27(4)32(30,31)26(2)3/h5-9,15H,10-14,16H2,1-4H3,(H2,24,25,29). The van der Waals surface area contributed by atoms with Gasteiger partial charge in [0.15, 0.2) is 0 Å². The number of nitrogens with one attached hydrogen (secondary N) is 2. The van der Waals surface area contributed by atoms with Gasteiger partial charge in [0.25, 0.3) is 10.2 Å². The summed E-state index contributed by atoms with van der Waals surface area (Å²) in [6.07, 6.45) is 2.50. The highest BCUT2D eigenvalue weighted by molar-refractivity contribution is 7.86. The van der Waals surface area contributed by atoms with Gasteiger partial charge in [-0.05, 0) is 42.2 Å². The number of carbonyl (C=O) groups is 1. The Hall–Kier alpha value is -2.53. The summed E-state index contributed by atoms with van der Waals surface area (Å²) in [7, 11) is 1.29. The predicted octanol–water partition coefficient (Wildman–Crippen LogP) is 1.81. The first-order valence-electron chi connectivity index (χ1n) is 10.6. The number of carbonyl (C=O) groups excluding carboxylic acids is 1. The number of fused-ring (bicyclic) bond motifs is 1. The van der Waals surface area contributed by atoms with E-state index in [0.29, 0.717) is 25.3 Å². The zero-order chi connectivity index (χ0) is 23.3. The molecular weight excluding hydrogens is 428 g/mol. The molecule has 0 saturated heterocycles. The fourth-order valence-electron chi connectivity index (χ4n) is 3.67. The van der Waals surface area contributed by atoms with Gasteiger partial charge in [0, 0.05) is 59.6 Å². The normalized spacial score (nSPS) is 14.4. The lowest BCUT2D eigenvalue weighted by atomic mass is 9.94. The summed E-state index contributed by atoms with van der Waals surface area (Å²) in [5.74, 6) is 0. The molecule has 2 amide bonds. The lowest BCUT2D eigenvalue weighted by molar-refractivity contribution is 0.237. The van der Waals surface area contributed by atoms with Crippen LogP contribution < -0.4 is 10.6 Å². The number of hydrogen-bond acceptors (Lipinski definition) is 5. The molecule has 2 N–H and O–H groups in total. The molecule has 1 aliphatic heterocycles. The number of pyridine rings is 1. The molecule has 1 aliphatic rings. The van der Waals surface area contributed by atoms with E-state index in [0.717, 1.165) is 30.8 Å². The van der Waals surface area contributed by atoms with Crippen LogP contribution in [0, 0.1) is 6.92 Å². The number of hydrogen-bond donors (Lipinski definition) is 2. The summed E-state index contributed by atoms with van der Waals surface area (Å²) in [5, 5.41) is 5.72. The highest BCUT2D eigenvalue weighted by Crippen LogP contribution is 2.22. The zero-order valence-corrected chi connectivity index (χ0v) is 19.9. The van der Waals surface area contributed by atoms with Crippen molar-refractivity contribution in [1.82, 2.24) is 23.8 Å². The monoisotopic (exact) mass is 460 g/mol. The Morgan fingerprint density at radius 1 is 1.19 bits per heavy atom. The molecule has 174 valence electrons. The van der Waals surface area contributed by atoms with Crippen LogP contribution in [-0.4, -0.2) is 73.7 Å². The van der Waals surface area contributed by atoms with Crippen LogP contribution in [0.25, 0.3) is 0 Å². The molecule has 0 aliphatic carbocycles. The molecule has 2 aromatic rings.